The second kappa shape index (κ2) is 7.93. The predicted molar refractivity (Wildman–Crippen MR) is 105 cm³/mol. The molecule has 0 aliphatic carbocycles. The third-order valence-electron chi connectivity index (χ3n) is 4.19. The number of benzene rings is 2. The van der Waals surface area contributed by atoms with Gasteiger partial charge < -0.3 is 29.6 Å². The van der Waals surface area contributed by atoms with Crippen LogP contribution in [0.2, 0.25) is 0 Å². The van der Waals surface area contributed by atoms with Crippen LogP contribution >= 0.6 is 0 Å². The molecule has 0 atom stereocenters. The number of carbonyl (C=O) groups excluding carboxylic acids is 1. The number of fused-ring (bicyclic) bond motifs is 1. The Bertz CT molecular complexity index is 1060. The first-order valence-corrected chi connectivity index (χ1v) is 8.68. The number of nitrogens with one attached hydrogen (secondary N) is 2. The average molecular weight is 394 g/mol. The monoisotopic (exact) mass is 394 g/mol. The van der Waals surface area contributed by atoms with Gasteiger partial charge in [0.05, 0.1) is 14.2 Å². The highest BCUT2D eigenvalue weighted by atomic mass is 16.7. The fourth-order valence-corrected chi connectivity index (χ4v) is 2.78. The Kier molecular flexibility index (Phi) is 5.02. The first-order chi connectivity index (χ1) is 14.2. The number of anilines is 3. The lowest BCUT2D eigenvalue weighted by Gasteiger charge is -2.11. The summed E-state index contributed by atoms with van der Waals surface area (Å²) in [6.45, 7) is 0.201. The van der Waals surface area contributed by atoms with E-state index < -0.39 is 0 Å². The summed E-state index contributed by atoms with van der Waals surface area (Å²) in [4.78, 5) is 20.8. The van der Waals surface area contributed by atoms with E-state index in [9.17, 15) is 4.79 Å². The van der Waals surface area contributed by atoms with Crippen molar-refractivity contribution < 1.29 is 23.7 Å². The summed E-state index contributed by atoms with van der Waals surface area (Å²) < 4.78 is 21.1. The van der Waals surface area contributed by atoms with Crippen LogP contribution in [0.5, 0.6) is 23.0 Å². The molecule has 0 unspecified atom stereocenters. The van der Waals surface area contributed by atoms with Crippen molar-refractivity contribution in [2.45, 2.75) is 0 Å². The summed E-state index contributed by atoms with van der Waals surface area (Å²) in [7, 11) is 3.08. The van der Waals surface area contributed by atoms with Crippen molar-refractivity contribution in [1.82, 2.24) is 9.97 Å². The fourth-order valence-electron chi connectivity index (χ4n) is 2.78. The number of carbonyl (C=O) groups is 1. The quantitative estimate of drug-likeness (QED) is 0.657. The molecule has 1 aliphatic rings. The van der Waals surface area contributed by atoms with Crippen LogP contribution in [0.15, 0.2) is 48.8 Å². The van der Waals surface area contributed by atoms with E-state index in [0.717, 1.165) is 5.69 Å². The summed E-state index contributed by atoms with van der Waals surface area (Å²) >= 11 is 0. The van der Waals surface area contributed by atoms with Gasteiger partial charge in [0.1, 0.15) is 17.8 Å². The molecule has 1 amide bonds. The topological polar surface area (TPSA) is 104 Å². The predicted octanol–water partition coefficient (Wildman–Crippen LogP) is 3.22. The molecule has 0 saturated heterocycles. The van der Waals surface area contributed by atoms with Crippen LogP contribution in [0.4, 0.5) is 17.2 Å². The van der Waals surface area contributed by atoms with E-state index in [0.29, 0.717) is 34.5 Å². The number of ether oxygens (including phenoxy) is 4. The molecule has 2 heterocycles. The van der Waals surface area contributed by atoms with Crippen molar-refractivity contribution in [3.8, 4) is 23.0 Å². The first-order valence-electron chi connectivity index (χ1n) is 8.68. The molecule has 1 aromatic heterocycles. The lowest BCUT2D eigenvalue weighted by Crippen LogP contribution is -2.14. The van der Waals surface area contributed by atoms with Crippen molar-refractivity contribution in [3.05, 3.63) is 54.5 Å². The zero-order valence-electron chi connectivity index (χ0n) is 15.8. The third-order valence-corrected chi connectivity index (χ3v) is 4.19. The van der Waals surface area contributed by atoms with Crippen LogP contribution < -0.4 is 29.6 Å². The molecule has 0 radical (unpaired) electrons. The highest BCUT2D eigenvalue weighted by Gasteiger charge is 2.15. The van der Waals surface area contributed by atoms with Gasteiger partial charge in [-0.1, -0.05) is 0 Å². The molecule has 0 spiro atoms. The Morgan fingerprint density at radius 3 is 2.55 bits per heavy atom. The maximum absolute atomic E-state index is 12.6. The minimum atomic E-state index is -0.381. The Morgan fingerprint density at radius 1 is 0.931 bits per heavy atom. The Hall–Kier alpha value is -4.01. The summed E-state index contributed by atoms with van der Waals surface area (Å²) in [5, 5.41) is 5.90. The smallest absolute Gasteiger partial charge is 0.274 e. The zero-order valence-corrected chi connectivity index (χ0v) is 15.8. The van der Waals surface area contributed by atoms with E-state index in [2.05, 4.69) is 20.6 Å². The maximum atomic E-state index is 12.6. The minimum absolute atomic E-state index is 0.201. The summed E-state index contributed by atoms with van der Waals surface area (Å²) in [6, 6.07) is 12.1. The number of aromatic nitrogens is 2. The highest BCUT2D eigenvalue weighted by Crippen LogP contribution is 2.35. The molecule has 2 N–H and O–H groups in total. The van der Waals surface area contributed by atoms with Gasteiger partial charge in [0.25, 0.3) is 5.91 Å². The average Bonchev–Trinajstić information content (AvgIpc) is 3.21. The third kappa shape index (κ3) is 3.98. The Morgan fingerprint density at radius 2 is 1.72 bits per heavy atom. The molecule has 0 saturated carbocycles. The van der Waals surface area contributed by atoms with Gasteiger partial charge in [-0.3, -0.25) is 4.79 Å². The van der Waals surface area contributed by atoms with Gasteiger partial charge in [0.15, 0.2) is 23.0 Å². The molecule has 9 heteroatoms. The maximum Gasteiger partial charge on any atom is 0.274 e. The van der Waals surface area contributed by atoms with Crippen LogP contribution in [-0.4, -0.2) is 36.9 Å². The number of methoxy groups -OCH3 is 2. The SMILES string of the molecule is COc1ccc(NC(=O)c2cc(Nc3ccc4c(c3)OCO4)ncn2)cc1OC. The van der Waals surface area contributed by atoms with Gasteiger partial charge >= 0.3 is 0 Å². The van der Waals surface area contributed by atoms with E-state index >= 15 is 0 Å². The fraction of sp³-hybridized carbons (Fsp3) is 0.150. The van der Waals surface area contributed by atoms with Crippen molar-refractivity contribution in [3.63, 3.8) is 0 Å². The minimum Gasteiger partial charge on any atom is -0.493 e. The number of amides is 1. The van der Waals surface area contributed by atoms with Crippen LogP contribution in [0.3, 0.4) is 0 Å². The first kappa shape index (κ1) is 18.4. The van der Waals surface area contributed by atoms with Gasteiger partial charge in [-0.05, 0) is 24.3 Å². The second-order valence-corrected chi connectivity index (χ2v) is 6.01. The molecular formula is C20H18N4O5. The summed E-state index contributed by atoms with van der Waals surface area (Å²) in [5.74, 6) is 2.51. The molecule has 0 bridgehead atoms. The molecule has 4 rings (SSSR count). The normalized spacial score (nSPS) is 11.7. The van der Waals surface area contributed by atoms with Gasteiger partial charge in [-0.25, -0.2) is 9.97 Å². The van der Waals surface area contributed by atoms with Gasteiger partial charge in [-0.2, -0.15) is 0 Å². The lowest BCUT2D eigenvalue weighted by molar-refractivity contribution is 0.102. The highest BCUT2D eigenvalue weighted by molar-refractivity contribution is 6.03. The Labute approximate surface area is 166 Å². The largest absolute Gasteiger partial charge is 0.493 e. The van der Waals surface area contributed by atoms with Crippen LogP contribution in [0, 0.1) is 0 Å². The molecule has 2 aromatic carbocycles. The molecule has 148 valence electrons. The Balaban J connectivity index is 1.49. The number of rotatable bonds is 6. The standard InChI is InChI=1S/C20H18N4O5/c1-26-15-5-3-13(7-17(15)27-2)24-20(25)14-9-19(22-10-21-14)23-12-4-6-16-18(8-12)29-11-28-16/h3-10H,11H2,1-2H3,(H,24,25)(H,21,22,23). The summed E-state index contributed by atoms with van der Waals surface area (Å²) in [6.07, 6.45) is 1.32. The lowest BCUT2D eigenvalue weighted by atomic mass is 10.2. The van der Waals surface area contributed by atoms with Gasteiger partial charge in [-0.15, -0.1) is 0 Å². The number of nitrogens with zero attached hydrogens (tertiary/aromatic N) is 2. The van der Waals surface area contributed by atoms with Crippen molar-refractivity contribution in [2.24, 2.45) is 0 Å². The van der Waals surface area contributed by atoms with E-state index in [1.54, 1.807) is 43.5 Å². The van der Waals surface area contributed by atoms with Crippen molar-refractivity contribution in [1.29, 1.82) is 0 Å². The van der Waals surface area contributed by atoms with E-state index in [4.69, 9.17) is 18.9 Å². The van der Waals surface area contributed by atoms with Crippen molar-refractivity contribution in [2.75, 3.05) is 31.6 Å². The van der Waals surface area contributed by atoms with E-state index in [-0.39, 0.29) is 18.4 Å². The van der Waals surface area contributed by atoms with E-state index in [1.165, 1.54) is 13.4 Å². The number of hydrogen-bond donors (Lipinski definition) is 2. The molecule has 9 nitrogen and oxygen atoms in total. The van der Waals surface area contributed by atoms with Crippen LogP contribution in [-0.2, 0) is 0 Å². The second-order valence-electron chi connectivity index (χ2n) is 6.01. The number of hydrogen-bond acceptors (Lipinski definition) is 8. The van der Waals surface area contributed by atoms with Crippen LogP contribution in [0.1, 0.15) is 10.5 Å². The van der Waals surface area contributed by atoms with Gasteiger partial charge in [0.2, 0.25) is 6.79 Å². The molecule has 3 aromatic rings. The molecule has 29 heavy (non-hydrogen) atoms. The van der Waals surface area contributed by atoms with Crippen molar-refractivity contribution >= 4 is 23.1 Å². The molecule has 0 fully saturated rings. The van der Waals surface area contributed by atoms with E-state index in [1.807, 2.05) is 6.07 Å². The molecule has 1 aliphatic heterocycles. The zero-order chi connectivity index (χ0) is 20.2. The summed E-state index contributed by atoms with van der Waals surface area (Å²) in [5.41, 5.74) is 1.51. The van der Waals surface area contributed by atoms with Crippen LogP contribution in [0.25, 0.3) is 0 Å². The van der Waals surface area contributed by atoms with Gasteiger partial charge in [0, 0.05) is 29.6 Å². The molecular weight excluding hydrogens is 376 g/mol.